The lowest BCUT2D eigenvalue weighted by molar-refractivity contribution is 0.102. The third-order valence-electron chi connectivity index (χ3n) is 4.71. The van der Waals surface area contributed by atoms with Gasteiger partial charge in [0.05, 0.1) is 30.0 Å². The van der Waals surface area contributed by atoms with E-state index in [1.165, 1.54) is 0 Å². The number of rotatable bonds is 3. The van der Waals surface area contributed by atoms with Crippen molar-refractivity contribution in [1.29, 1.82) is 0 Å². The lowest BCUT2D eigenvalue weighted by Crippen LogP contribution is -2.36. The number of morpholine rings is 1. The molecule has 2 aromatic carbocycles. The van der Waals surface area contributed by atoms with Gasteiger partial charge in [-0.15, -0.1) is 0 Å². The summed E-state index contributed by atoms with van der Waals surface area (Å²) in [6.45, 7) is 5.10. The molecule has 1 N–H and O–H groups in total. The van der Waals surface area contributed by atoms with Gasteiger partial charge in [0, 0.05) is 34.9 Å². The van der Waals surface area contributed by atoms with E-state index >= 15 is 0 Å². The number of fused-ring (bicyclic) bond motifs is 1. The summed E-state index contributed by atoms with van der Waals surface area (Å²) in [6, 6.07) is 15.2. The largest absolute Gasteiger partial charge is 0.378 e. The average Bonchev–Trinajstić information content (AvgIpc) is 2.69. The SMILES string of the molecule is Cc1nc2ccc(Cl)cc2cc1C(=O)Nc1ccc(N2CCOCC2)cc1. The first-order valence-corrected chi connectivity index (χ1v) is 9.29. The van der Waals surface area contributed by atoms with Crippen LogP contribution in [0.1, 0.15) is 16.1 Å². The van der Waals surface area contributed by atoms with Crippen LogP contribution in [0, 0.1) is 6.92 Å². The van der Waals surface area contributed by atoms with E-state index in [-0.39, 0.29) is 5.91 Å². The van der Waals surface area contributed by atoms with Crippen LogP contribution in [0.25, 0.3) is 10.9 Å². The van der Waals surface area contributed by atoms with Gasteiger partial charge in [0.15, 0.2) is 0 Å². The predicted molar refractivity (Wildman–Crippen MR) is 109 cm³/mol. The van der Waals surface area contributed by atoms with Gasteiger partial charge in [-0.2, -0.15) is 0 Å². The van der Waals surface area contributed by atoms with Gasteiger partial charge in [-0.3, -0.25) is 9.78 Å². The van der Waals surface area contributed by atoms with E-state index in [1.54, 1.807) is 6.07 Å². The van der Waals surface area contributed by atoms with E-state index in [9.17, 15) is 4.79 Å². The molecule has 0 bridgehead atoms. The molecular formula is C21H20ClN3O2. The molecule has 0 aliphatic carbocycles. The molecule has 27 heavy (non-hydrogen) atoms. The van der Waals surface area contributed by atoms with Crippen LogP contribution >= 0.6 is 11.6 Å². The highest BCUT2D eigenvalue weighted by molar-refractivity contribution is 6.31. The second kappa shape index (κ2) is 7.55. The lowest BCUT2D eigenvalue weighted by Gasteiger charge is -2.28. The molecule has 1 amide bonds. The molecule has 0 spiro atoms. The number of aryl methyl sites for hydroxylation is 1. The van der Waals surface area contributed by atoms with Gasteiger partial charge in [-0.05, 0) is 55.5 Å². The van der Waals surface area contributed by atoms with E-state index in [0.717, 1.165) is 48.6 Å². The number of amides is 1. The quantitative estimate of drug-likeness (QED) is 0.735. The number of aromatic nitrogens is 1. The van der Waals surface area contributed by atoms with Crippen LogP contribution < -0.4 is 10.2 Å². The molecule has 1 aromatic heterocycles. The monoisotopic (exact) mass is 381 g/mol. The van der Waals surface area contributed by atoms with Crippen LogP contribution in [0.2, 0.25) is 5.02 Å². The molecule has 0 atom stereocenters. The molecule has 0 saturated carbocycles. The molecule has 1 fully saturated rings. The Hall–Kier alpha value is -2.63. The molecular weight excluding hydrogens is 362 g/mol. The summed E-state index contributed by atoms with van der Waals surface area (Å²) in [6.07, 6.45) is 0. The van der Waals surface area contributed by atoms with Crippen LogP contribution in [0.3, 0.4) is 0 Å². The Bertz CT molecular complexity index is 983. The predicted octanol–water partition coefficient (Wildman–Crippen LogP) is 4.29. The van der Waals surface area contributed by atoms with Gasteiger partial charge < -0.3 is 15.0 Å². The standard InChI is InChI=1S/C21H20ClN3O2/c1-14-19(13-15-12-16(22)2-7-20(15)23-14)21(26)24-17-3-5-18(6-4-17)25-8-10-27-11-9-25/h2-7,12-13H,8-11H2,1H3,(H,24,26). The topological polar surface area (TPSA) is 54.5 Å². The number of benzene rings is 2. The van der Waals surface area contributed by atoms with Gasteiger partial charge in [0.1, 0.15) is 0 Å². The van der Waals surface area contributed by atoms with E-state index in [4.69, 9.17) is 16.3 Å². The number of nitrogens with zero attached hydrogens (tertiary/aromatic N) is 2. The minimum atomic E-state index is -0.180. The number of hydrogen-bond donors (Lipinski definition) is 1. The lowest BCUT2D eigenvalue weighted by atomic mass is 10.1. The molecule has 1 aliphatic heterocycles. The molecule has 138 valence electrons. The van der Waals surface area contributed by atoms with Crippen molar-refractivity contribution in [2.45, 2.75) is 6.92 Å². The maximum Gasteiger partial charge on any atom is 0.257 e. The zero-order valence-corrected chi connectivity index (χ0v) is 15.8. The number of anilines is 2. The number of pyridine rings is 1. The fourth-order valence-electron chi connectivity index (χ4n) is 3.25. The zero-order valence-electron chi connectivity index (χ0n) is 15.0. The van der Waals surface area contributed by atoms with E-state index in [1.807, 2.05) is 49.4 Å². The fraction of sp³-hybridized carbons (Fsp3) is 0.238. The van der Waals surface area contributed by atoms with E-state index in [0.29, 0.717) is 16.3 Å². The third kappa shape index (κ3) is 3.89. The van der Waals surface area contributed by atoms with Crippen LogP contribution in [0.4, 0.5) is 11.4 Å². The molecule has 6 heteroatoms. The summed E-state index contributed by atoms with van der Waals surface area (Å²) in [4.78, 5) is 19.5. The minimum Gasteiger partial charge on any atom is -0.378 e. The normalized spacial score (nSPS) is 14.4. The number of halogens is 1. The Morgan fingerprint density at radius 2 is 1.85 bits per heavy atom. The van der Waals surface area contributed by atoms with Crippen molar-refractivity contribution in [3.63, 3.8) is 0 Å². The summed E-state index contributed by atoms with van der Waals surface area (Å²) >= 11 is 6.06. The zero-order chi connectivity index (χ0) is 18.8. The van der Waals surface area contributed by atoms with Crippen molar-refractivity contribution in [2.75, 3.05) is 36.5 Å². The molecule has 4 rings (SSSR count). The van der Waals surface area contributed by atoms with Crippen LogP contribution in [-0.2, 0) is 4.74 Å². The first-order chi connectivity index (χ1) is 13.1. The van der Waals surface area contributed by atoms with Gasteiger partial charge in [0.2, 0.25) is 0 Å². The van der Waals surface area contributed by atoms with E-state index in [2.05, 4.69) is 15.2 Å². The number of nitrogens with one attached hydrogen (secondary N) is 1. The van der Waals surface area contributed by atoms with Crippen molar-refractivity contribution < 1.29 is 9.53 Å². The Morgan fingerprint density at radius 3 is 2.59 bits per heavy atom. The Kier molecular flexibility index (Phi) is 4.97. The third-order valence-corrected chi connectivity index (χ3v) is 4.95. The minimum absolute atomic E-state index is 0.180. The highest BCUT2D eigenvalue weighted by atomic mass is 35.5. The van der Waals surface area contributed by atoms with Crippen LogP contribution in [-0.4, -0.2) is 37.2 Å². The Balaban J connectivity index is 1.53. The molecule has 5 nitrogen and oxygen atoms in total. The fourth-order valence-corrected chi connectivity index (χ4v) is 3.43. The van der Waals surface area contributed by atoms with Gasteiger partial charge >= 0.3 is 0 Å². The molecule has 2 heterocycles. The second-order valence-electron chi connectivity index (χ2n) is 6.56. The van der Waals surface area contributed by atoms with Crippen molar-refractivity contribution in [3.8, 4) is 0 Å². The number of ether oxygens (including phenoxy) is 1. The molecule has 3 aromatic rings. The van der Waals surface area contributed by atoms with Gasteiger partial charge in [-0.25, -0.2) is 0 Å². The maximum atomic E-state index is 12.7. The Labute approximate surface area is 162 Å². The van der Waals surface area contributed by atoms with E-state index < -0.39 is 0 Å². The second-order valence-corrected chi connectivity index (χ2v) is 7.00. The summed E-state index contributed by atoms with van der Waals surface area (Å²) < 4.78 is 5.38. The van der Waals surface area contributed by atoms with Crippen molar-refractivity contribution in [3.05, 3.63) is 64.8 Å². The highest BCUT2D eigenvalue weighted by Gasteiger charge is 2.14. The van der Waals surface area contributed by atoms with Crippen LogP contribution in [0.15, 0.2) is 48.5 Å². The summed E-state index contributed by atoms with van der Waals surface area (Å²) in [5.41, 5.74) is 3.94. The van der Waals surface area contributed by atoms with Crippen molar-refractivity contribution in [2.24, 2.45) is 0 Å². The number of carbonyl (C=O) groups is 1. The van der Waals surface area contributed by atoms with Crippen LogP contribution in [0.5, 0.6) is 0 Å². The number of carbonyl (C=O) groups excluding carboxylic acids is 1. The molecule has 1 saturated heterocycles. The van der Waals surface area contributed by atoms with Crippen molar-refractivity contribution in [1.82, 2.24) is 4.98 Å². The van der Waals surface area contributed by atoms with Gasteiger partial charge in [-0.1, -0.05) is 11.6 Å². The summed E-state index contributed by atoms with van der Waals surface area (Å²) in [5.74, 6) is -0.180. The maximum absolute atomic E-state index is 12.7. The first kappa shape index (κ1) is 17.8. The smallest absolute Gasteiger partial charge is 0.257 e. The summed E-state index contributed by atoms with van der Waals surface area (Å²) in [5, 5.41) is 4.42. The summed E-state index contributed by atoms with van der Waals surface area (Å²) in [7, 11) is 0. The highest BCUT2D eigenvalue weighted by Crippen LogP contribution is 2.23. The molecule has 0 unspecified atom stereocenters. The van der Waals surface area contributed by atoms with Gasteiger partial charge in [0.25, 0.3) is 5.91 Å². The number of hydrogen-bond acceptors (Lipinski definition) is 4. The Morgan fingerprint density at radius 1 is 1.11 bits per heavy atom. The molecule has 1 aliphatic rings. The molecule has 0 radical (unpaired) electrons. The first-order valence-electron chi connectivity index (χ1n) is 8.91. The van der Waals surface area contributed by atoms with Crippen molar-refractivity contribution >= 4 is 39.8 Å². The average molecular weight is 382 g/mol.